The zero-order chi connectivity index (χ0) is 23.9. The zero-order valence-corrected chi connectivity index (χ0v) is 20.6. The van der Waals surface area contributed by atoms with Crippen LogP contribution in [0.15, 0.2) is 34.9 Å². The number of cyclic esters (lactones) is 1. The predicted molar refractivity (Wildman–Crippen MR) is 128 cm³/mol. The minimum absolute atomic E-state index is 0.191. The van der Waals surface area contributed by atoms with Gasteiger partial charge in [0.05, 0.1) is 11.7 Å². The van der Waals surface area contributed by atoms with Crippen molar-refractivity contribution < 1.29 is 18.8 Å². The third-order valence-corrected chi connectivity index (χ3v) is 7.44. The summed E-state index contributed by atoms with van der Waals surface area (Å²) in [4.78, 5) is 26.7. The lowest BCUT2D eigenvalue weighted by Crippen LogP contribution is -2.40. The molecular weight excluding hydrogens is 428 g/mol. The topological polar surface area (TPSA) is 72.6 Å². The van der Waals surface area contributed by atoms with Crippen LogP contribution in [0.5, 0.6) is 0 Å². The number of aromatic nitrogens is 1. The molecule has 5 rings (SSSR count). The summed E-state index contributed by atoms with van der Waals surface area (Å²) in [6.45, 7) is 7.17. The van der Waals surface area contributed by atoms with E-state index in [-0.39, 0.29) is 25.0 Å². The molecule has 0 unspecified atom stereocenters. The first-order valence-corrected chi connectivity index (χ1v) is 12.8. The molecule has 182 valence electrons. The summed E-state index contributed by atoms with van der Waals surface area (Å²) in [6.07, 6.45) is 6.75. The van der Waals surface area contributed by atoms with Crippen molar-refractivity contribution in [3.05, 3.63) is 52.9 Å². The molecule has 0 N–H and O–H groups in total. The van der Waals surface area contributed by atoms with Crippen molar-refractivity contribution >= 4 is 12.0 Å². The van der Waals surface area contributed by atoms with Gasteiger partial charge in [-0.3, -0.25) is 4.79 Å². The molecule has 1 aromatic heterocycles. The molecule has 1 aromatic carbocycles. The molecule has 2 aliphatic carbocycles. The number of hydrogen-bond acceptors (Lipinski definition) is 5. The summed E-state index contributed by atoms with van der Waals surface area (Å²) in [7, 11) is 0. The lowest BCUT2D eigenvalue weighted by atomic mass is 9.67. The summed E-state index contributed by atoms with van der Waals surface area (Å²) >= 11 is 0. The van der Waals surface area contributed by atoms with Crippen LogP contribution in [-0.2, 0) is 22.4 Å². The summed E-state index contributed by atoms with van der Waals surface area (Å²) in [5, 5.41) is 4.42. The molecule has 3 fully saturated rings. The Hall–Kier alpha value is -2.63. The fourth-order valence-corrected chi connectivity index (χ4v) is 5.76. The number of rotatable bonds is 8. The number of imide groups is 1. The van der Waals surface area contributed by atoms with Gasteiger partial charge in [-0.2, -0.15) is 0 Å². The number of amides is 2. The molecular formula is C28H36N2O4. The van der Waals surface area contributed by atoms with E-state index in [1.54, 1.807) is 0 Å². The Morgan fingerprint density at radius 3 is 2.53 bits per heavy atom. The van der Waals surface area contributed by atoms with Gasteiger partial charge < -0.3 is 9.26 Å². The van der Waals surface area contributed by atoms with E-state index < -0.39 is 6.09 Å². The van der Waals surface area contributed by atoms with Gasteiger partial charge in [-0.05, 0) is 61.3 Å². The van der Waals surface area contributed by atoms with Crippen LogP contribution in [0, 0.1) is 11.3 Å². The number of nitrogens with zero attached hydrogens (tertiary/aromatic N) is 2. The quantitative estimate of drug-likeness (QED) is 0.479. The Kier molecular flexibility index (Phi) is 6.26. The predicted octanol–water partition coefficient (Wildman–Crippen LogP) is 6.00. The van der Waals surface area contributed by atoms with Gasteiger partial charge in [-0.15, -0.1) is 0 Å². The molecule has 2 heterocycles. The lowest BCUT2D eigenvalue weighted by molar-refractivity contribution is -0.129. The minimum atomic E-state index is -0.534. The highest BCUT2D eigenvalue weighted by molar-refractivity contribution is 5.93. The van der Waals surface area contributed by atoms with E-state index in [1.165, 1.54) is 42.6 Å². The molecule has 34 heavy (non-hydrogen) atoms. The van der Waals surface area contributed by atoms with Crippen molar-refractivity contribution in [3.63, 3.8) is 0 Å². The van der Waals surface area contributed by atoms with Gasteiger partial charge in [0.15, 0.2) is 0 Å². The number of carbonyl (C=O) groups is 2. The highest BCUT2D eigenvalue weighted by atomic mass is 16.6. The first-order chi connectivity index (χ1) is 16.3. The van der Waals surface area contributed by atoms with Gasteiger partial charge in [-0.1, -0.05) is 56.3 Å². The molecule has 0 radical (unpaired) electrons. The lowest BCUT2D eigenvalue weighted by Gasteiger charge is -2.38. The Balaban J connectivity index is 1.22. The maximum atomic E-state index is 13.1. The smallest absolute Gasteiger partial charge is 0.416 e. The van der Waals surface area contributed by atoms with Crippen molar-refractivity contribution in [2.24, 2.45) is 11.3 Å². The van der Waals surface area contributed by atoms with Crippen LogP contribution < -0.4 is 0 Å². The van der Waals surface area contributed by atoms with E-state index in [2.05, 4.69) is 25.9 Å². The van der Waals surface area contributed by atoms with Crippen LogP contribution in [0.3, 0.4) is 0 Å². The fraction of sp³-hybridized carbons (Fsp3) is 0.607. The van der Waals surface area contributed by atoms with Crippen LogP contribution in [-0.4, -0.2) is 34.7 Å². The van der Waals surface area contributed by atoms with Gasteiger partial charge in [-0.25, -0.2) is 9.69 Å². The van der Waals surface area contributed by atoms with E-state index in [1.807, 2.05) is 30.3 Å². The third-order valence-electron chi connectivity index (χ3n) is 7.44. The molecule has 2 amide bonds. The number of aryl methyl sites for hydroxylation is 1. The average molecular weight is 465 g/mol. The van der Waals surface area contributed by atoms with Gasteiger partial charge in [0.2, 0.25) is 5.91 Å². The first-order valence-electron chi connectivity index (χ1n) is 12.8. The van der Waals surface area contributed by atoms with E-state index in [9.17, 15) is 9.59 Å². The second-order valence-corrected chi connectivity index (χ2v) is 11.7. The normalized spacial score (nSPS) is 24.7. The molecule has 3 aliphatic rings. The van der Waals surface area contributed by atoms with Crippen LogP contribution in [0.4, 0.5) is 4.79 Å². The third kappa shape index (κ3) is 5.06. The second-order valence-electron chi connectivity index (χ2n) is 11.7. The van der Waals surface area contributed by atoms with Crippen molar-refractivity contribution in [2.45, 2.75) is 90.0 Å². The van der Waals surface area contributed by atoms with Crippen LogP contribution in [0.2, 0.25) is 0 Å². The molecule has 1 aliphatic heterocycles. The standard InChI is InChI=1S/C28H36N2O4/c1-28(2,3)16-19-13-21(14-19)26-25(20-9-10-20)23(29-34-26)11-12-24(31)30-22(17-33-27(30)32)15-18-7-5-4-6-8-18/h4-8,19-22H,9-17H2,1-3H3/t19-,21+,22-/m1/s1. The van der Waals surface area contributed by atoms with Crippen molar-refractivity contribution in [1.29, 1.82) is 0 Å². The molecule has 1 saturated heterocycles. The van der Waals surface area contributed by atoms with Crippen LogP contribution >= 0.6 is 0 Å². The monoisotopic (exact) mass is 464 g/mol. The van der Waals surface area contributed by atoms with E-state index in [0.717, 1.165) is 22.9 Å². The Morgan fingerprint density at radius 1 is 1.12 bits per heavy atom. The average Bonchev–Trinajstić information content (AvgIpc) is 3.42. The molecule has 6 heteroatoms. The summed E-state index contributed by atoms with van der Waals surface area (Å²) in [5.41, 5.74) is 3.62. The van der Waals surface area contributed by atoms with Gasteiger partial charge in [0, 0.05) is 24.3 Å². The molecule has 0 spiro atoms. The van der Waals surface area contributed by atoms with Crippen LogP contribution in [0.1, 0.15) is 93.7 Å². The SMILES string of the molecule is CC(C)(C)C[C@H]1C[C@@H](c2onc(CCC(=O)N3C(=O)OC[C@H]3Cc3ccccc3)c2C2CC2)C1. The second kappa shape index (κ2) is 9.20. The highest BCUT2D eigenvalue weighted by Gasteiger charge is 2.42. The number of hydrogen-bond donors (Lipinski definition) is 0. The molecule has 1 atom stereocenters. The summed E-state index contributed by atoms with van der Waals surface area (Å²) < 4.78 is 11.1. The van der Waals surface area contributed by atoms with Gasteiger partial charge in [0.25, 0.3) is 0 Å². The maximum Gasteiger partial charge on any atom is 0.416 e. The number of benzene rings is 1. The molecule has 0 bridgehead atoms. The van der Waals surface area contributed by atoms with Crippen LogP contribution in [0.25, 0.3) is 0 Å². The minimum Gasteiger partial charge on any atom is -0.447 e. The van der Waals surface area contributed by atoms with E-state index >= 15 is 0 Å². The molecule has 2 aromatic rings. The van der Waals surface area contributed by atoms with E-state index in [4.69, 9.17) is 9.26 Å². The fourth-order valence-electron chi connectivity index (χ4n) is 5.76. The highest BCUT2D eigenvalue weighted by Crippen LogP contribution is 2.52. The largest absolute Gasteiger partial charge is 0.447 e. The maximum absolute atomic E-state index is 13.1. The summed E-state index contributed by atoms with van der Waals surface area (Å²) in [6, 6.07) is 9.66. The van der Waals surface area contributed by atoms with Crippen molar-refractivity contribution in [3.8, 4) is 0 Å². The Morgan fingerprint density at radius 2 is 1.85 bits per heavy atom. The number of carbonyl (C=O) groups excluding carboxylic acids is 2. The molecule has 2 saturated carbocycles. The number of ether oxygens (including phenoxy) is 1. The Bertz CT molecular complexity index is 1030. The Labute approximate surface area is 202 Å². The van der Waals surface area contributed by atoms with E-state index in [0.29, 0.717) is 30.1 Å². The summed E-state index contributed by atoms with van der Waals surface area (Å²) in [5.74, 6) is 2.62. The van der Waals surface area contributed by atoms with Gasteiger partial charge in [0.1, 0.15) is 12.4 Å². The zero-order valence-electron chi connectivity index (χ0n) is 20.6. The van der Waals surface area contributed by atoms with Gasteiger partial charge >= 0.3 is 6.09 Å². The van der Waals surface area contributed by atoms with Crippen molar-refractivity contribution in [1.82, 2.24) is 10.1 Å². The first kappa shape index (κ1) is 23.1. The molecule has 6 nitrogen and oxygen atoms in total. The van der Waals surface area contributed by atoms with Crippen molar-refractivity contribution in [2.75, 3.05) is 6.61 Å².